The average molecular weight is 336 g/mol. The van der Waals surface area contributed by atoms with Gasteiger partial charge < -0.3 is 11.5 Å². The normalized spacial score (nSPS) is 10.6. The van der Waals surface area contributed by atoms with Gasteiger partial charge in [-0.25, -0.2) is 0 Å². The molecule has 4 N–H and O–H groups in total. The molecule has 0 atom stereocenters. The van der Waals surface area contributed by atoms with Gasteiger partial charge in [0.05, 0.1) is 0 Å². The minimum Gasteiger partial charge on any atom is -0.399 e. The summed E-state index contributed by atoms with van der Waals surface area (Å²) in [4.78, 5) is 0. The summed E-state index contributed by atoms with van der Waals surface area (Å²) in [5.41, 5.74) is 20.5. The molecule has 126 valence electrons. The molecule has 4 rings (SSSR count). The van der Waals surface area contributed by atoms with Crippen LogP contribution in [0.1, 0.15) is 0 Å². The molecule has 4 aromatic carbocycles. The van der Waals surface area contributed by atoms with E-state index in [2.05, 4.69) is 60.7 Å². The van der Waals surface area contributed by atoms with Crippen LogP contribution < -0.4 is 11.5 Å². The molecule has 0 fully saturated rings. The maximum Gasteiger partial charge on any atom is 0.0320 e. The van der Waals surface area contributed by atoms with E-state index in [1.807, 2.05) is 36.4 Å². The molecule has 0 aliphatic carbocycles. The van der Waals surface area contributed by atoms with Crippen LogP contribution in [-0.2, 0) is 0 Å². The van der Waals surface area contributed by atoms with E-state index in [1.54, 1.807) is 0 Å². The second-order valence-electron chi connectivity index (χ2n) is 6.34. The van der Waals surface area contributed by atoms with E-state index in [-0.39, 0.29) is 0 Å². The lowest BCUT2D eigenvalue weighted by atomic mass is 9.89. The lowest BCUT2D eigenvalue weighted by molar-refractivity contribution is 1.56. The van der Waals surface area contributed by atoms with Crippen molar-refractivity contribution in [3.63, 3.8) is 0 Å². The summed E-state index contributed by atoms with van der Waals surface area (Å²) in [7, 11) is 0. The van der Waals surface area contributed by atoms with Crippen LogP contribution in [0.15, 0.2) is 97.1 Å². The van der Waals surface area contributed by atoms with Gasteiger partial charge in [-0.05, 0) is 57.6 Å². The Labute approximate surface area is 153 Å². The predicted molar refractivity (Wildman–Crippen MR) is 112 cm³/mol. The Morgan fingerprint density at radius 1 is 0.385 bits per heavy atom. The number of nitrogens with two attached hydrogens (primary N) is 2. The van der Waals surface area contributed by atoms with Crippen molar-refractivity contribution in [2.75, 3.05) is 11.5 Å². The maximum atomic E-state index is 6.01. The molecule has 0 aliphatic heterocycles. The first-order valence-electron chi connectivity index (χ1n) is 8.62. The third-order valence-electron chi connectivity index (χ3n) is 4.54. The number of nitrogen functional groups attached to an aromatic ring is 2. The zero-order valence-corrected chi connectivity index (χ0v) is 14.4. The molecule has 0 radical (unpaired) electrons. The van der Waals surface area contributed by atoms with Crippen LogP contribution in [0, 0.1) is 0 Å². The highest BCUT2D eigenvalue weighted by molar-refractivity contribution is 5.92. The van der Waals surface area contributed by atoms with Crippen LogP contribution in [0.25, 0.3) is 33.4 Å². The van der Waals surface area contributed by atoms with Gasteiger partial charge in [-0.2, -0.15) is 0 Å². The molecule has 0 aliphatic rings. The summed E-state index contributed by atoms with van der Waals surface area (Å²) in [6.07, 6.45) is 0. The minimum absolute atomic E-state index is 0.765. The van der Waals surface area contributed by atoms with E-state index < -0.39 is 0 Å². The molecule has 4 aromatic rings. The minimum atomic E-state index is 0.765. The van der Waals surface area contributed by atoms with Crippen molar-refractivity contribution in [2.24, 2.45) is 0 Å². The number of rotatable bonds is 3. The summed E-state index contributed by atoms with van der Waals surface area (Å²) in [6.45, 7) is 0. The van der Waals surface area contributed by atoms with E-state index >= 15 is 0 Å². The summed E-state index contributed by atoms with van der Waals surface area (Å²) in [5.74, 6) is 0. The molecule has 0 bridgehead atoms. The topological polar surface area (TPSA) is 52.0 Å². The van der Waals surface area contributed by atoms with Crippen molar-refractivity contribution in [3.8, 4) is 33.4 Å². The third kappa shape index (κ3) is 3.05. The quantitative estimate of drug-likeness (QED) is 0.461. The number of benzene rings is 4. The van der Waals surface area contributed by atoms with E-state index in [0.29, 0.717) is 0 Å². The van der Waals surface area contributed by atoms with Crippen molar-refractivity contribution in [3.05, 3.63) is 97.1 Å². The van der Waals surface area contributed by atoms with Crippen molar-refractivity contribution < 1.29 is 0 Å². The van der Waals surface area contributed by atoms with Crippen molar-refractivity contribution in [2.45, 2.75) is 0 Å². The van der Waals surface area contributed by atoms with E-state index in [9.17, 15) is 0 Å². The highest BCUT2D eigenvalue weighted by Crippen LogP contribution is 2.38. The lowest BCUT2D eigenvalue weighted by Crippen LogP contribution is -1.91. The summed E-state index contributed by atoms with van der Waals surface area (Å²) < 4.78 is 0. The van der Waals surface area contributed by atoms with E-state index in [4.69, 9.17) is 11.5 Å². The summed E-state index contributed by atoms with van der Waals surface area (Å²) >= 11 is 0. The molecule has 0 unspecified atom stereocenters. The molecule has 0 saturated heterocycles. The number of hydrogen-bond donors (Lipinski definition) is 2. The van der Waals surface area contributed by atoms with Gasteiger partial charge in [0.15, 0.2) is 0 Å². The van der Waals surface area contributed by atoms with Crippen LogP contribution in [0.3, 0.4) is 0 Å². The molecule has 0 saturated carbocycles. The Morgan fingerprint density at radius 3 is 1.15 bits per heavy atom. The van der Waals surface area contributed by atoms with E-state index in [1.165, 1.54) is 11.1 Å². The van der Waals surface area contributed by atoms with Gasteiger partial charge in [0.2, 0.25) is 0 Å². The smallest absolute Gasteiger partial charge is 0.0320 e. The second kappa shape index (κ2) is 6.77. The lowest BCUT2D eigenvalue weighted by Gasteiger charge is -2.15. The summed E-state index contributed by atoms with van der Waals surface area (Å²) in [5, 5.41) is 0. The van der Waals surface area contributed by atoms with Crippen molar-refractivity contribution in [1.29, 1.82) is 0 Å². The van der Waals surface area contributed by atoms with Crippen molar-refractivity contribution >= 4 is 11.4 Å². The Bertz CT molecular complexity index is 980. The van der Waals surface area contributed by atoms with Crippen LogP contribution in [0.2, 0.25) is 0 Å². The van der Waals surface area contributed by atoms with Gasteiger partial charge >= 0.3 is 0 Å². The molecule has 0 spiro atoms. The number of hydrogen-bond acceptors (Lipinski definition) is 2. The van der Waals surface area contributed by atoms with Crippen LogP contribution >= 0.6 is 0 Å². The molecule has 0 heterocycles. The standard InChI is InChI=1S/C24H20N2/c25-19-9-5-7-17(15-19)21-11-1-3-13-23(21)24-14-4-2-12-22(24)18-8-6-10-20(26)16-18/h1-16H,25-26H2. The highest BCUT2D eigenvalue weighted by atomic mass is 14.5. The Morgan fingerprint density at radius 2 is 0.769 bits per heavy atom. The first-order valence-corrected chi connectivity index (χ1v) is 8.62. The van der Waals surface area contributed by atoms with Gasteiger partial charge in [0.1, 0.15) is 0 Å². The van der Waals surface area contributed by atoms with Gasteiger partial charge in [-0.1, -0.05) is 72.8 Å². The van der Waals surface area contributed by atoms with Crippen LogP contribution in [0.4, 0.5) is 11.4 Å². The molecule has 2 nitrogen and oxygen atoms in total. The fraction of sp³-hybridized carbons (Fsp3) is 0. The van der Waals surface area contributed by atoms with Gasteiger partial charge in [0, 0.05) is 11.4 Å². The van der Waals surface area contributed by atoms with Gasteiger partial charge in [-0.3, -0.25) is 0 Å². The maximum absolute atomic E-state index is 6.01. The Kier molecular flexibility index (Phi) is 4.16. The number of anilines is 2. The highest BCUT2D eigenvalue weighted by Gasteiger charge is 2.12. The first kappa shape index (κ1) is 16.0. The largest absolute Gasteiger partial charge is 0.399 e. The Balaban J connectivity index is 1.93. The average Bonchev–Trinajstić information content (AvgIpc) is 2.68. The van der Waals surface area contributed by atoms with Gasteiger partial charge in [0.25, 0.3) is 0 Å². The SMILES string of the molecule is Nc1cccc(-c2ccccc2-c2ccccc2-c2cccc(N)c2)c1. The third-order valence-corrected chi connectivity index (χ3v) is 4.54. The predicted octanol–water partition coefficient (Wildman–Crippen LogP) is 5.85. The molecule has 0 amide bonds. The molecule has 0 aromatic heterocycles. The first-order chi connectivity index (χ1) is 12.7. The molecular formula is C24H20N2. The van der Waals surface area contributed by atoms with Crippen molar-refractivity contribution in [1.82, 2.24) is 0 Å². The van der Waals surface area contributed by atoms with Gasteiger partial charge in [-0.15, -0.1) is 0 Å². The zero-order chi connectivity index (χ0) is 17.9. The zero-order valence-electron chi connectivity index (χ0n) is 14.4. The van der Waals surface area contributed by atoms with Crippen LogP contribution in [0.5, 0.6) is 0 Å². The fourth-order valence-corrected chi connectivity index (χ4v) is 3.35. The van der Waals surface area contributed by atoms with Crippen LogP contribution in [-0.4, -0.2) is 0 Å². The molecule has 26 heavy (non-hydrogen) atoms. The second-order valence-corrected chi connectivity index (χ2v) is 6.34. The monoisotopic (exact) mass is 336 g/mol. The summed E-state index contributed by atoms with van der Waals surface area (Å²) in [6, 6.07) is 32.9. The molecule has 2 heteroatoms. The molecular weight excluding hydrogens is 316 g/mol. The Hall–Kier alpha value is -3.52. The van der Waals surface area contributed by atoms with E-state index in [0.717, 1.165) is 33.6 Å². The fourth-order valence-electron chi connectivity index (χ4n) is 3.35.